The largest absolute Gasteiger partial charge is 0.295 e. The van der Waals surface area contributed by atoms with Crippen molar-refractivity contribution in [3.05, 3.63) is 76.3 Å². The molecule has 0 fully saturated rings. The van der Waals surface area contributed by atoms with Crippen LogP contribution in [0.3, 0.4) is 0 Å². The zero-order valence-electron chi connectivity index (χ0n) is 15.5. The molecule has 7 nitrogen and oxygen atoms in total. The van der Waals surface area contributed by atoms with Crippen molar-refractivity contribution in [2.75, 3.05) is 5.32 Å². The zero-order chi connectivity index (χ0) is 21.1. The summed E-state index contributed by atoms with van der Waals surface area (Å²) < 4.78 is 13.7. The second-order valence-electron chi connectivity index (χ2n) is 6.15. The quantitative estimate of drug-likeness (QED) is 0.329. The van der Waals surface area contributed by atoms with Crippen LogP contribution in [-0.4, -0.2) is 31.1 Å². The fourth-order valence-corrected chi connectivity index (χ4v) is 4.39. The van der Waals surface area contributed by atoms with Crippen LogP contribution in [0.2, 0.25) is 5.02 Å². The Hall–Kier alpha value is -2.82. The van der Waals surface area contributed by atoms with Gasteiger partial charge in [-0.15, -0.1) is 15.3 Å². The molecule has 4 rings (SSSR count). The molecule has 2 heterocycles. The van der Waals surface area contributed by atoms with Gasteiger partial charge in [0.25, 0.3) is 5.91 Å². The molecule has 0 aliphatic carbocycles. The minimum atomic E-state index is -0.424. The standard InChI is InChI=1S/C19H14ClFN6OS2/c1-11-16(26-27(25-11)15-4-2-3-13(20)9-15)17(28)22-18-23-24-19(30-18)29-10-12-5-7-14(21)8-6-12/h2-9H,10H2,1H3,(H,22,23,28). The van der Waals surface area contributed by atoms with Crippen LogP contribution in [0.1, 0.15) is 21.7 Å². The molecule has 2 aromatic carbocycles. The molecule has 0 aliphatic rings. The monoisotopic (exact) mass is 460 g/mol. The van der Waals surface area contributed by atoms with Gasteiger partial charge in [0.05, 0.1) is 11.4 Å². The minimum absolute atomic E-state index is 0.186. The lowest BCUT2D eigenvalue weighted by molar-refractivity contribution is 0.102. The first kappa shape index (κ1) is 20.5. The van der Waals surface area contributed by atoms with Crippen LogP contribution in [-0.2, 0) is 5.75 Å². The number of carbonyl (C=O) groups excluding carboxylic acids is 1. The smallest absolute Gasteiger partial charge is 0.279 e. The van der Waals surface area contributed by atoms with Crippen LogP contribution in [0.4, 0.5) is 9.52 Å². The summed E-state index contributed by atoms with van der Waals surface area (Å²) in [6.45, 7) is 1.70. The van der Waals surface area contributed by atoms with Crippen LogP contribution in [0.15, 0.2) is 52.9 Å². The Morgan fingerprint density at radius 3 is 2.77 bits per heavy atom. The van der Waals surface area contributed by atoms with Gasteiger partial charge in [0, 0.05) is 10.8 Å². The maximum Gasteiger partial charge on any atom is 0.279 e. The number of halogens is 2. The van der Waals surface area contributed by atoms with Crippen molar-refractivity contribution in [3.63, 3.8) is 0 Å². The van der Waals surface area contributed by atoms with E-state index >= 15 is 0 Å². The summed E-state index contributed by atoms with van der Waals surface area (Å²) in [4.78, 5) is 14.0. The van der Waals surface area contributed by atoms with Crippen molar-refractivity contribution >= 4 is 45.7 Å². The van der Waals surface area contributed by atoms with E-state index in [9.17, 15) is 9.18 Å². The van der Waals surface area contributed by atoms with E-state index in [0.717, 1.165) is 5.56 Å². The number of nitrogens with zero attached hydrogens (tertiary/aromatic N) is 5. The fraction of sp³-hybridized carbons (Fsp3) is 0.105. The molecule has 1 amide bonds. The van der Waals surface area contributed by atoms with Gasteiger partial charge in [-0.2, -0.15) is 9.90 Å². The minimum Gasteiger partial charge on any atom is -0.295 e. The molecular weight excluding hydrogens is 447 g/mol. The van der Waals surface area contributed by atoms with Crippen LogP contribution >= 0.6 is 34.7 Å². The van der Waals surface area contributed by atoms with Gasteiger partial charge in [-0.1, -0.05) is 52.9 Å². The van der Waals surface area contributed by atoms with Gasteiger partial charge in [-0.3, -0.25) is 10.1 Å². The summed E-state index contributed by atoms with van der Waals surface area (Å²) in [7, 11) is 0. The molecule has 1 N–H and O–H groups in total. The van der Waals surface area contributed by atoms with E-state index in [2.05, 4.69) is 25.7 Å². The number of nitrogens with one attached hydrogen (secondary N) is 1. The number of carbonyl (C=O) groups is 1. The number of amides is 1. The van der Waals surface area contributed by atoms with Crippen LogP contribution in [0.25, 0.3) is 5.69 Å². The highest BCUT2D eigenvalue weighted by atomic mass is 35.5. The molecule has 0 unspecified atom stereocenters. The normalized spacial score (nSPS) is 10.9. The van der Waals surface area contributed by atoms with E-state index in [1.165, 1.54) is 40.0 Å². The van der Waals surface area contributed by atoms with E-state index in [0.29, 0.717) is 31.6 Å². The molecule has 0 saturated carbocycles. The summed E-state index contributed by atoms with van der Waals surface area (Å²) in [5.41, 5.74) is 2.28. The lowest BCUT2D eigenvalue weighted by Gasteiger charge is -1.99. The summed E-state index contributed by atoms with van der Waals surface area (Å²) in [5.74, 6) is -0.0742. The summed E-state index contributed by atoms with van der Waals surface area (Å²) in [6.07, 6.45) is 0. The third-order valence-electron chi connectivity index (χ3n) is 3.94. The van der Waals surface area contributed by atoms with Crippen molar-refractivity contribution in [1.82, 2.24) is 25.2 Å². The van der Waals surface area contributed by atoms with Gasteiger partial charge >= 0.3 is 0 Å². The van der Waals surface area contributed by atoms with E-state index in [1.807, 2.05) is 0 Å². The number of hydrogen-bond acceptors (Lipinski definition) is 7. The molecule has 2 aromatic heterocycles. The average molecular weight is 461 g/mol. The van der Waals surface area contributed by atoms with Gasteiger partial charge in [0.1, 0.15) is 5.82 Å². The van der Waals surface area contributed by atoms with Crippen molar-refractivity contribution in [2.45, 2.75) is 17.0 Å². The number of aromatic nitrogens is 5. The van der Waals surface area contributed by atoms with Gasteiger partial charge in [0.15, 0.2) is 10.0 Å². The highest BCUT2D eigenvalue weighted by Gasteiger charge is 2.18. The summed E-state index contributed by atoms with van der Waals surface area (Å²) >= 11 is 8.71. The van der Waals surface area contributed by atoms with Gasteiger partial charge in [-0.25, -0.2) is 4.39 Å². The molecule has 11 heteroatoms. The Balaban J connectivity index is 1.41. The highest BCUT2D eigenvalue weighted by molar-refractivity contribution is 8.00. The van der Waals surface area contributed by atoms with E-state index in [4.69, 9.17) is 11.6 Å². The lowest BCUT2D eigenvalue weighted by Crippen LogP contribution is -2.14. The first-order valence-electron chi connectivity index (χ1n) is 8.70. The maximum absolute atomic E-state index is 13.0. The number of benzene rings is 2. The summed E-state index contributed by atoms with van der Waals surface area (Å²) in [5, 5.41) is 20.2. The van der Waals surface area contributed by atoms with Crippen molar-refractivity contribution in [1.29, 1.82) is 0 Å². The highest BCUT2D eigenvalue weighted by Crippen LogP contribution is 2.28. The first-order valence-corrected chi connectivity index (χ1v) is 10.9. The van der Waals surface area contributed by atoms with E-state index in [1.54, 1.807) is 43.3 Å². The first-order chi connectivity index (χ1) is 14.5. The van der Waals surface area contributed by atoms with E-state index < -0.39 is 5.91 Å². The Labute approximate surface area is 184 Å². The summed E-state index contributed by atoms with van der Waals surface area (Å²) in [6, 6.07) is 13.3. The maximum atomic E-state index is 13.0. The van der Waals surface area contributed by atoms with Crippen LogP contribution in [0.5, 0.6) is 0 Å². The molecule has 30 heavy (non-hydrogen) atoms. The van der Waals surface area contributed by atoms with Crippen LogP contribution in [0, 0.1) is 12.7 Å². The molecule has 0 aliphatic heterocycles. The van der Waals surface area contributed by atoms with Gasteiger partial charge in [0.2, 0.25) is 5.13 Å². The SMILES string of the molecule is Cc1nn(-c2cccc(Cl)c2)nc1C(=O)Nc1nnc(SCc2ccc(F)cc2)s1. The molecule has 152 valence electrons. The molecule has 0 radical (unpaired) electrons. The average Bonchev–Trinajstić information content (AvgIpc) is 3.34. The Kier molecular flexibility index (Phi) is 6.07. The number of thioether (sulfide) groups is 1. The predicted molar refractivity (Wildman–Crippen MR) is 115 cm³/mol. The Bertz CT molecular complexity index is 1190. The molecule has 0 saturated heterocycles. The second-order valence-corrected chi connectivity index (χ2v) is 8.78. The lowest BCUT2D eigenvalue weighted by atomic mass is 10.2. The molecule has 0 spiro atoms. The molecule has 4 aromatic rings. The van der Waals surface area contributed by atoms with E-state index in [-0.39, 0.29) is 11.5 Å². The Morgan fingerprint density at radius 1 is 1.20 bits per heavy atom. The fourth-order valence-electron chi connectivity index (χ4n) is 2.51. The predicted octanol–water partition coefficient (Wildman–Crippen LogP) is 4.76. The van der Waals surface area contributed by atoms with Gasteiger partial charge < -0.3 is 0 Å². The van der Waals surface area contributed by atoms with Crippen molar-refractivity contribution < 1.29 is 9.18 Å². The van der Waals surface area contributed by atoms with Gasteiger partial charge in [-0.05, 0) is 42.8 Å². The number of rotatable bonds is 6. The molecular formula is C19H14ClFN6OS2. The number of aryl methyl sites for hydroxylation is 1. The third-order valence-corrected chi connectivity index (χ3v) is 6.22. The number of anilines is 1. The number of hydrogen-bond donors (Lipinski definition) is 1. The Morgan fingerprint density at radius 2 is 2.00 bits per heavy atom. The van der Waals surface area contributed by atoms with Crippen LogP contribution < -0.4 is 5.32 Å². The molecule has 0 bridgehead atoms. The van der Waals surface area contributed by atoms with Crippen molar-refractivity contribution in [2.24, 2.45) is 0 Å². The third kappa shape index (κ3) is 4.84. The zero-order valence-corrected chi connectivity index (χ0v) is 17.9. The molecule has 0 atom stereocenters. The topological polar surface area (TPSA) is 85.6 Å². The second kappa shape index (κ2) is 8.90. The van der Waals surface area contributed by atoms with Crippen molar-refractivity contribution in [3.8, 4) is 5.69 Å².